The van der Waals surface area contributed by atoms with Crippen LogP contribution in [-0.4, -0.2) is 16.4 Å². The third-order valence-electron chi connectivity index (χ3n) is 3.92. The predicted molar refractivity (Wildman–Crippen MR) is 98.6 cm³/mol. The molecular weight excluding hydrogens is 334 g/mol. The fourth-order valence-electron chi connectivity index (χ4n) is 2.53. The van der Waals surface area contributed by atoms with Crippen LogP contribution in [-0.2, 0) is 9.09 Å². The van der Waals surface area contributed by atoms with Gasteiger partial charge in [-0.25, -0.2) is 4.57 Å². The van der Waals surface area contributed by atoms with Gasteiger partial charge in [-0.15, -0.1) is 0 Å². The fourth-order valence-corrected chi connectivity index (χ4v) is 2.90. The number of allylic oxidation sites excluding steroid dienone is 2. The molecule has 0 heterocycles. The van der Waals surface area contributed by atoms with E-state index in [-0.39, 0.29) is 37.6 Å². The SMILES string of the molecule is CCCCCCCC/C=C\CCCCCCCCOP(=O)(O)O.[H-].[Na+]. The maximum atomic E-state index is 10.5. The monoisotopic (exact) mass is 372 g/mol. The minimum absolute atomic E-state index is 0. The molecule has 2 N–H and O–H groups in total. The zero-order valence-corrected chi connectivity index (χ0v) is 18.8. The van der Waals surface area contributed by atoms with Gasteiger partial charge in [-0.2, -0.15) is 0 Å². The van der Waals surface area contributed by atoms with Gasteiger partial charge in [-0.3, -0.25) is 4.52 Å². The van der Waals surface area contributed by atoms with E-state index in [9.17, 15) is 4.57 Å². The Labute approximate surface area is 172 Å². The molecule has 140 valence electrons. The Morgan fingerprint density at radius 3 is 1.67 bits per heavy atom. The molecule has 6 heteroatoms. The normalized spacial score (nSPS) is 11.8. The molecule has 0 aliphatic carbocycles. The minimum Gasteiger partial charge on any atom is -1.00 e. The van der Waals surface area contributed by atoms with Crippen molar-refractivity contribution < 1.29 is 49.9 Å². The molecule has 0 atom stereocenters. The molecular formula is C18H38NaO4P. The van der Waals surface area contributed by atoms with E-state index in [0.29, 0.717) is 0 Å². The number of hydrogen-bond donors (Lipinski definition) is 2. The Bertz CT molecular complexity index is 324. The second kappa shape index (κ2) is 20.2. The zero-order chi connectivity index (χ0) is 17.2. The molecule has 0 aromatic carbocycles. The average Bonchev–Trinajstić information content (AvgIpc) is 2.49. The van der Waals surface area contributed by atoms with Crippen molar-refractivity contribution in [2.75, 3.05) is 6.61 Å². The summed E-state index contributed by atoms with van der Waals surface area (Å²) < 4.78 is 14.9. The number of phosphoric ester groups is 1. The molecule has 0 fully saturated rings. The number of phosphoric acid groups is 1. The largest absolute Gasteiger partial charge is 1.00 e. The summed E-state index contributed by atoms with van der Waals surface area (Å²) in [6, 6.07) is 0. The molecule has 0 unspecified atom stereocenters. The summed E-state index contributed by atoms with van der Waals surface area (Å²) in [4.78, 5) is 17.1. The summed E-state index contributed by atoms with van der Waals surface area (Å²) in [5.74, 6) is 0. The predicted octanol–water partition coefficient (Wildman–Crippen LogP) is 3.25. The Morgan fingerprint density at radius 1 is 0.792 bits per heavy atom. The summed E-state index contributed by atoms with van der Waals surface area (Å²) in [5.41, 5.74) is 0. The van der Waals surface area contributed by atoms with Crippen molar-refractivity contribution >= 4 is 7.82 Å². The minimum atomic E-state index is -4.26. The van der Waals surface area contributed by atoms with Gasteiger partial charge in [0.2, 0.25) is 0 Å². The van der Waals surface area contributed by atoms with Crippen LogP contribution in [0.3, 0.4) is 0 Å². The molecule has 0 saturated carbocycles. The number of rotatable bonds is 17. The van der Waals surface area contributed by atoms with Crippen LogP contribution in [0.4, 0.5) is 0 Å². The van der Waals surface area contributed by atoms with E-state index < -0.39 is 7.82 Å². The van der Waals surface area contributed by atoms with Crippen molar-refractivity contribution in [1.82, 2.24) is 0 Å². The number of hydrogen-bond acceptors (Lipinski definition) is 2. The van der Waals surface area contributed by atoms with Crippen LogP contribution in [0, 0.1) is 0 Å². The van der Waals surface area contributed by atoms with E-state index in [4.69, 9.17) is 9.79 Å². The molecule has 0 rings (SSSR count). The van der Waals surface area contributed by atoms with Crippen LogP contribution in [0.15, 0.2) is 12.2 Å². The second-order valence-corrected chi connectivity index (χ2v) is 7.50. The number of unbranched alkanes of at least 4 members (excludes halogenated alkanes) is 12. The van der Waals surface area contributed by atoms with Crippen LogP contribution in [0.1, 0.15) is 98.2 Å². The van der Waals surface area contributed by atoms with E-state index in [1.807, 2.05) is 0 Å². The van der Waals surface area contributed by atoms with Crippen LogP contribution in [0.2, 0.25) is 0 Å². The zero-order valence-electron chi connectivity index (χ0n) is 16.9. The molecule has 0 amide bonds. The van der Waals surface area contributed by atoms with Crippen molar-refractivity contribution in [1.29, 1.82) is 0 Å². The summed E-state index contributed by atoms with van der Waals surface area (Å²) in [5, 5.41) is 0. The summed E-state index contributed by atoms with van der Waals surface area (Å²) in [6.07, 6.45) is 21.7. The Balaban J connectivity index is -0.00000242. The first kappa shape index (κ1) is 27.1. The van der Waals surface area contributed by atoms with Crippen molar-refractivity contribution in [3.63, 3.8) is 0 Å². The molecule has 0 spiro atoms. The van der Waals surface area contributed by atoms with Gasteiger partial charge in [0.25, 0.3) is 0 Å². The molecule has 0 aliphatic rings. The Kier molecular flexibility index (Phi) is 22.7. The summed E-state index contributed by atoms with van der Waals surface area (Å²) >= 11 is 0. The van der Waals surface area contributed by atoms with Crippen LogP contribution in [0.25, 0.3) is 0 Å². The van der Waals surface area contributed by atoms with Gasteiger partial charge in [-0.1, -0.05) is 76.9 Å². The maximum absolute atomic E-state index is 10.5. The van der Waals surface area contributed by atoms with Crippen molar-refractivity contribution in [2.45, 2.75) is 96.8 Å². The van der Waals surface area contributed by atoms with Gasteiger partial charge < -0.3 is 11.2 Å². The average molecular weight is 372 g/mol. The van der Waals surface area contributed by atoms with E-state index in [0.717, 1.165) is 19.3 Å². The van der Waals surface area contributed by atoms with Gasteiger partial charge in [0.05, 0.1) is 6.61 Å². The van der Waals surface area contributed by atoms with E-state index in [1.54, 1.807) is 0 Å². The second-order valence-electron chi connectivity index (χ2n) is 6.26. The van der Waals surface area contributed by atoms with Crippen LogP contribution < -0.4 is 29.6 Å². The first-order valence-corrected chi connectivity index (χ1v) is 10.9. The van der Waals surface area contributed by atoms with E-state index in [2.05, 4.69) is 23.6 Å². The summed E-state index contributed by atoms with van der Waals surface area (Å²) in [6.45, 7) is 2.41. The van der Waals surface area contributed by atoms with E-state index in [1.165, 1.54) is 70.6 Å². The van der Waals surface area contributed by atoms with Crippen LogP contribution in [0.5, 0.6) is 0 Å². The smallest absolute Gasteiger partial charge is 1.00 e. The molecule has 0 bridgehead atoms. The third kappa shape index (κ3) is 25.1. The maximum Gasteiger partial charge on any atom is 1.00 e. The van der Waals surface area contributed by atoms with Crippen molar-refractivity contribution in [2.24, 2.45) is 0 Å². The molecule has 24 heavy (non-hydrogen) atoms. The van der Waals surface area contributed by atoms with Gasteiger partial charge in [0.1, 0.15) is 0 Å². The Hall–Kier alpha value is 0.850. The van der Waals surface area contributed by atoms with Crippen molar-refractivity contribution in [3.8, 4) is 0 Å². The van der Waals surface area contributed by atoms with Gasteiger partial charge in [0, 0.05) is 0 Å². The fraction of sp³-hybridized carbons (Fsp3) is 0.889. The molecule has 4 nitrogen and oxygen atoms in total. The van der Waals surface area contributed by atoms with Gasteiger partial charge >= 0.3 is 37.4 Å². The topological polar surface area (TPSA) is 66.8 Å². The summed E-state index contributed by atoms with van der Waals surface area (Å²) in [7, 11) is -4.26. The molecule has 0 saturated heterocycles. The van der Waals surface area contributed by atoms with Gasteiger partial charge in [-0.05, 0) is 32.1 Å². The third-order valence-corrected chi connectivity index (χ3v) is 4.43. The molecule has 0 aromatic rings. The van der Waals surface area contributed by atoms with Gasteiger partial charge in [0.15, 0.2) is 0 Å². The Morgan fingerprint density at radius 2 is 1.21 bits per heavy atom. The molecule has 0 radical (unpaired) electrons. The van der Waals surface area contributed by atoms with Crippen LogP contribution >= 0.6 is 7.82 Å². The first-order valence-electron chi connectivity index (χ1n) is 9.41. The standard InChI is InChI=1S/C18H37O4P.Na.H/c1-2-3-4-5-6-7-8-9-10-11-12-13-14-15-16-17-18-22-23(19,20)21;;/h9-10H,2-8,11-18H2,1H3,(H2,19,20,21);;/q;+1;-1/b10-9-;;. The molecule has 0 aliphatic heterocycles. The van der Waals surface area contributed by atoms with Crippen molar-refractivity contribution in [3.05, 3.63) is 12.2 Å². The van der Waals surface area contributed by atoms with E-state index >= 15 is 0 Å². The first-order chi connectivity index (χ1) is 11.1. The quantitative estimate of drug-likeness (QED) is 0.178. The molecule has 0 aromatic heterocycles.